The molecule has 0 aliphatic heterocycles. The zero-order chi connectivity index (χ0) is 9.61. The van der Waals surface area contributed by atoms with E-state index in [-0.39, 0.29) is 6.42 Å². The van der Waals surface area contributed by atoms with Gasteiger partial charge in [0.25, 0.3) is 0 Å². The van der Waals surface area contributed by atoms with Gasteiger partial charge in [0.05, 0.1) is 0 Å². The van der Waals surface area contributed by atoms with Gasteiger partial charge in [0.1, 0.15) is 0 Å². The molecule has 0 aromatic rings. The van der Waals surface area contributed by atoms with E-state index in [2.05, 4.69) is 6.58 Å². The summed E-state index contributed by atoms with van der Waals surface area (Å²) in [6, 6.07) is 0. The van der Waals surface area contributed by atoms with Crippen LogP contribution in [0, 0.1) is 0 Å². The number of hydrogen-bond acceptors (Lipinski definition) is 0. The molecule has 3 heteroatoms. The number of rotatable bonds is 5. The van der Waals surface area contributed by atoms with Crippen LogP contribution >= 0.6 is 0 Å². The minimum absolute atomic E-state index is 0.0868. The summed E-state index contributed by atoms with van der Waals surface area (Å²) in [6.07, 6.45) is -2.00. The molecule has 0 saturated heterocycles. The topological polar surface area (TPSA) is 0 Å². The molecule has 0 aliphatic rings. The highest BCUT2D eigenvalue weighted by atomic mass is 19.4. The van der Waals surface area contributed by atoms with Crippen molar-refractivity contribution < 1.29 is 13.2 Å². The van der Waals surface area contributed by atoms with E-state index in [0.717, 1.165) is 19.3 Å². The zero-order valence-corrected chi connectivity index (χ0v) is 7.38. The standard InChI is InChI=1S/C9H15F3/c1-3-4-5-8(2)6-7-9(10,11)12/h2-7H2,1H3. The van der Waals surface area contributed by atoms with Crippen molar-refractivity contribution in [1.82, 2.24) is 0 Å². The van der Waals surface area contributed by atoms with Crippen LogP contribution in [-0.4, -0.2) is 6.18 Å². The molecular formula is C9H15F3. The molecular weight excluding hydrogens is 165 g/mol. The average Bonchev–Trinajstić information content (AvgIpc) is 1.95. The Kier molecular flexibility index (Phi) is 5.02. The van der Waals surface area contributed by atoms with Crippen LogP contribution in [0.15, 0.2) is 12.2 Å². The molecule has 0 atom stereocenters. The fraction of sp³-hybridized carbons (Fsp3) is 0.778. The predicted octanol–water partition coefficient (Wildman–Crippen LogP) is 4.08. The fourth-order valence-corrected chi connectivity index (χ4v) is 0.870. The van der Waals surface area contributed by atoms with Gasteiger partial charge in [-0.2, -0.15) is 13.2 Å². The first-order valence-electron chi connectivity index (χ1n) is 4.19. The van der Waals surface area contributed by atoms with Gasteiger partial charge in [-0.25, -0.2) is 0 Å². The summed E-state index contributed by atoms with van der Waals surface area (Å²) >= 11 is 0. The Morgan fingerprint density at radius 3 is 2.25 bits per heavy atom. The van der Waals surface area contributed by atoms with Crippen LogP contribution in [0.2, 0.25) is 0 Å². The second kappa shape index (κ2) is 5.22. The molecule has 72 valence electrons. The minimum Gasteiger partial charge on any atom is -0.171 e. The van der Waals surface area contributed by atoms with Crippen molar-refractivity contribution in [2.75, 3.05) is 0 Å². The van der Waals surface area contributed by atoms with Crippen molar-refractivity contribution in [3.63, 3.8) is 0 Å². The van der Waals surface area contributed by atoms with Crippen molar-refractivity contribution in [1.29, 1.82) is 0 Å². The minimum atomic E-state index is -4.03. The molecule has 0 spiro atoms. The third-order valence-corrected chi connectivity index (χ3v) is 1.65. The number of halogens is 3. The van der Waals surface area contributed by atoms with E-state index in [1.54, 1.807) is 0 Å². The Hall–Kier alpha value is -0.470. The van der Waals surface area contributed by atoms with Crippen molar-refractivity contribution in [2.45, 2.75) is 45.2 Å². The molecule has 0 nitrogen and oxygen atoms in total. The summed E-state index contributed by atoms with van der Waals surface area (Å²) in [5.41, 5.74) is 0.717. The number of hydrogen-bond donors (Lipinski definition) is 0. The van der Waals surface area contributed by atoms with E-state index >= 15 is 0 Å². The van der Waals surface area contributed by atoms with E-state index in [9.17, 15) is 13.2 Å². The summed E-state index contributed by atoms with van der Waals surface area (Å²) in [4.78, 5) is 0. The Morgan fingerprint density at radius 1 is 1.25 bits per heavy atom. The Labute approximate surface area is 71.5 Å². The van der Waals surface area contributed by atoms with Gasteiger partial charge in [-0.05, 0) is 19.3 Å². The molecule has 0 fully saturated rings. The largest absolute Gasteiger partial charge is 0.389 e. The van der Waals surface area contributed by atoms with Gasteiger partial charge in [0, 0.05) is 6.42 Å². The molecule has 0 aromatic carbocycles. The molecule has 0 N–H and O–H groups in total. The Balaban J connectivity index is 3.44. The second-order valence-corrected chi connectivity index (χ2v) is 2.97. The summed E-state index contributed by atoms with van der Waals surface area (Å²) < 4.78 is 35.1. The molecule has 0 aliphatic carbocycles. The summed E-state index contributed by atoms with van der Waals surface area (Å²) in [5.74, 6) is 0. The zero-order valence-electron chi connectivity index (χ0n) is 7.38. The lowest BCUT2D eigenvalue weighted by Gasteiger charge is -2.07. The Bertz CT molecular complexity index is 135. The highest BCUT2D eigenvalue weighted by Crippen LogP contribution is 2.24. The van der Waals surface area contributed by atoms with Gasteiger partial charge < -0.3 is 0 Å². The monoisotopic (exact) mass is 180 g/mol. The van der Waals surface area contributed by atoms with Crippen LogP contribution in [0.1, 0.15) is 39.0 Å². The van der Waals surface area contributed by atoms with Crippen LogP contribution in [0.25, 0.3) is 0 Å². The molecule has 0 unspecified atom stereocenters. The Morgan fingerprint density at radius 2 is 1.83 bits per heavy atom. The lowest BCUT2D eigenvalue weighted by molar-refractivity contribution is -0.134. The first-order valence-corrected chi connectivity index (χ1v) is 4.19. The highest BCUT2D eigenvalue weighted by molar-refractivity contribution is 4.93. The highest BCUT2D eigenvalue weighted by Gasteiger charge is 2.26. The van der Waals surface area contributed by atoms with Gasteiger partial charge >= 0.3 is 6.18 Å². The van der Waals surface area contributed by atoms with E-state index in [4.69, 9.17) is 0 Å². The molecule has 0 heterocycles. The first kappa shape index (κ1) is 11.5. The fourth-order valence-electron chi connectivity index (χ4n) is 0.870. The maximum Gasteiger partial charge on any atom is 0.389 e. The molecule has 0 radical (unpaired) electrons. The van der Waals surface area contributed by atoms with Crippen LogP contribution in [0.4, 0.5) is 13.2 Å². The van der Waals surface area contributed by atoms with Gasteiger partial charge in [-0.3, -0.25) is 0 Å². The molecule has 0 bridgehead atoms. The average molecular weight is 180 g/mol. The molecule has 0 amide bonds. The first-order chi connectivity index (χ1) is 5.45. The quantitative estimate of drug-likeness (QED) is 0.559. The predicted molar refractivity (Wildman–Crippen MR) is 44.0 cm³/mol. The van der Waals surface area contributed by atoms with Crippen molar-refractivity contribution in [3.05, 3.63) is 12.2 Å². The summed E-state index contributed by atoms with van der Waals surface area (Å²) in [7, 11) is 0. The molecule has 0 saturated carbocycles. The van der Waals surface area contributed by atoms with Crippen LogP contribution in [0.3, 0.4) is 0 Å². The van der Waals surface area contributed by atoms with Gasteiger partial charge in [-0.15, -0.1) is 0 Å². The van der Waals surface area contributed by atoms with E-state index in [1.807, 2.05) is 6.92 Å². The lowest BCUT2D eigenvalue weighted by Crippen LogP contribution is -2.06. The van der Waals surface area contributed by atoms with Gasteiger partial charge in [0.15, 0.2) is 0 Å². The summed E-state index contributed by atoms with van der Waals surface area (Å²) in [5, 5.41) is 0. The third kappa shape index (κ3) is 7.63. The smallest absolute Gasteiger partial charge is 0.171 e. The lowest BCUT2D eigenvalue weighted by atomic mass is 10.1. The van der Waals surface area contributed by atoms with Gasteiger partial charge in [-0.1, -0.05) is 25.5 Å². The van der Waals surface area contributed by atoms with E-state index < -0.39 is 12.6 Å². The van der Waals surface area contributed by atoms with Crippen molar-refractivity contribution in [2.24, 2.45) is 0 Å². The normalized spacial score (nSPS) is 11.7. The van der Waals surface area contributed by atoms with Gasteiger partial charge in [0.2, 0.25) is 0 Å². The summed E-state index contributed by atoms with van der Waals surface area (Å²) in [6.45, 7) is 5.61. The van der Waals surface area contributed by atoms with Crippen LogP contribution in [-0.2, 0) is 0 Å². The van der Waals surface area contributed by atoms with Crippen molar-refractivity contribution >= 4 is 0 Å². The van der Waals surface area contributed by atoms with Crippen LogP contribution < -0.4 is 0 Å². The number of alkyl halides is 3. The maximum atomic E-state index is 11.7. The number of unbranched alkanes of at least 4 members (excludes halogenated alkanes) is 1. The molecule has 0 aromatic heterocycles. The second-order valence-electron chi connectivity index (χ2n) is 2.97. The van der Waals surface area contributed by atoms with Crippen LogP contribution in [0.5, 0.6) is 0 Å². The maximum absolute atomic E-state index is 11.7. The van der Waals surface area contributed by atoms with E-state index in [1.165, 1.54) is 0 Å². The van der Waals surface area contributed by atoms with Crippen molar-refractivity contribution in [3.8, 4) is 0 Å². The number of allylic oxidation sites excluding steroid dienone is 1. The molecule has 0 rings (SSSR count). The SMILES string of the molecule is C=C(CCCC)CCC(F)(F)F. The molecule has 12 heavy (non-hydrogen) atoms. The third-order valence-electron chi connectivity index (χ3n) is 1.65. The van der Waals surface area contributed by atoms with E-state index in [0.29, 0.717) is 5.57 Å².